The second kappa shape index (κ2) is 8.49. The molecule has 0 aliphatic rings. The van der Waals surface area contributed by atoms with E-state index in [1.165, 1.54) is 18.1 Å². The Labute approximate surface area is 165 Å². The summed E-state index contributed by atoms with van der Waals surface area (Å²) in [5.74, 6) is 0.993. The van der Waals surface area contributed by atoms with Crippen LogP contribution in [0.25, 0.3) is 0 Å². The van der Waals surface area contributed by atoms with Crippen molar-refractivity contribution in [1.29, 1.82) is 0 Å². The minimum atomic E-state index is -0.139. The van der Waals surface area contributed by atoms with E-state index in [0.717, 1.165) is 11.3 Å². The molecule has 2 aromatic carbocycles. The highest BCUT2D eigenvalue weighted by Crippen LogP contribution is 2.22. The van der Waals surface area contributed by atoms with Gasteiger partial charge in [0.1, 0.15) is 19.2 Å². The molecule has 0 atom stereocenters. The van der Waals surface area contributed by atoms with Gasteiger partial charge in [0.25, 0.3) is 11.1 Å². The summed E-state index contributed by atoms with van der Waals surface area (Å²) >= 11 is 1.44. The van der Waals surface area contributed by atoms with Gasteiger partial charge in [0.2, 0.25) is 5.89 Å². The van der Waals surface area contributed by atoms with Crippen molar-refractivity contribution in [2.45, 2.75) is 17.5 Å². The predicted octanol–water partition coefficient (Wildman–Crippen LogP) is 3.25. The Morgan fingerprint density at radius 2 is 1.89 bits per heavy atom. The standard InChI is InChI=1S/C19H16N6O2S/c26-18(22-16-4-2-1-3-5-16)15-8-6-14(7-9-15)11-28-19-24-23-17(27-19)10-25-13-20-12-21-25/h1-9,12-13H,10-11H2,(H,22,26). The summed E-state index contributed by atoms with van der Waals surface area (Å²) in [5, 5.41) is 15.4. The molecule has 0 aliphatic heterocycles. The van der Waals surface area contributed by atoms with Crippen LogP contribution in [0.4, 0.5) is 5.69 Å². The number of carbonyl (C=O) groups is 1. The highest BCUT2D eigenvalue weighted by Gasteiger charge is 2.09. The number of nitrogens with one attached hydrogen (secondary N) is 1. The highest BCUT2D eigenvalue weighted by molar-refractivity contribution is 7.98. The molecule has 0 bridgehead atoms. The number of hydrogen-bond acceptors (Lipinski definition) is 7. The number of benzene rings is 2. The molecule has 1 amide bonds. The highest BCUT2D eigenvalue weighted by atomic mass is 32.2. The molecule has 8 nitrogen and oxygen atoms in total. The number of aromatic nitrogens is 5. The fraction of sp³-hybridized carbons (Fsp3) is 0.105. The molecule has 2 heterocycles. The zero-order valence-electron chi connectivity index (χ0n) is 14.7. The third-order valence-electron chi connectivity index (χ3n) is 3.82. The Bertz CT molecular complexity index is 1030. The molecular weight excluding hydrogens is 376 g/mol. The van der Waals surface area contributed by atoms with Crippen LogP contribution in [0.5, 0.6) is 0 Å². The summed E-state index contributed by atoms with van der Waals surface area (Å²) in [7, 11) is 0. The van der Waals surface area contributed by atoms with Crippen LogP contribution in [-0.4, -0.2) is 30.9 Å². The van der Waals surface area contributed by atoms with Crippen LogP contribution >= 0.6 is 11.8 Å². The van der Waals surface area contributed by atoms with Crippen LogP contribution in [0.15, 0.2) is 76.9 Å². The molecule has 1 N–H and O–H groups in total. The third kappa shape index (κ3) is 4.63. The van der Waals surface area contributed by atoms with Gasteiger partial charge >= 0.3 is 0 Å². The van der Waals surface area contributed by atoms with Crippen LogP contribution in [0.2, 0.25) is 0 Å². The molecule has 0 radical (unpaired) electrons. The first kappa shape index (κ1) is 17.9. The number of para-hydroxylation sites is 1. The minimum Gasteiger partial charge on any atom is -0.414 e. The van der Waals surface area contributed by atoms with Gasteiger partial charge < -0.3 is 9.73 Å². The second-order valence-corrected chi connectivity index (χ2v) is 6.79. The maximum atomic E-state index is 12.3. The number of amides is 1. The van der Waals surface area contributed by atoms with Crippen molar-refractivity contribution in [2.24, 2.45) is 0 Å². The summed E-state index contributed by atoms with van der Waals surface area (Å²) < 4.78 is 7.21. The Kier molecular flexibility index (Phi) is 5.43. The van der Waals surface area contributed by atoms with Gasteiger partial charge in [-0.25, -0.2) is 9.67 Å². The zero-order valence-corrected chi connectivity index (χ0v) is 15.5. The summed E-state index contributed by atoms with van der Waals surface area (Å²) in [6.07, 6.45) is 3.04. The first-order valence-electron chi connectivity index (χ1n) is 8.49. The van der Waals surface area contributed by atoms with E-state index in [0.29, 0.717) is 29.0 Å². The number of anilines is 1. The summed E-state index contributed by atoms with van der Waals surface area (Å²) in [4.78, 5) is 16.1. The van der Waals surface area contributed by atoms with E-state index in [4.69, 9.17) is 4.42 Å². The average Bonchev–Trinajstić information content (AvgIpc) is 3.40. The summed E-state index contributed by atoms with van der Waals surface area (Å²) in [5.41, 5.74) is 2.42. The van der Waals surface area contributed by atoms with E-state index in [1.54, 1.807) is 23.1 Å². The van der Waals surface area contributed by atoms with E-state index in [2.05, 4.69) is 25.6 Å². The van der Waals surface area contributed by atoms with Crippen molar-refractivity contribution in [1.82, 2.24) is 25.0 Å². The van der Waals surface area contributed by atoms with Crippen LogP contribution in [0.1, 0.15) is 21.8 Å². The van der Waals surface area contributed by atoms with Crippen LogP contribution in [0, 0.1) is 0 Å². The predicted molar refractivity (Wildman–Crippen MR) is 104 cm³/mol. The molecule has 0 unspecified atom stereocenters. The zero-order chi connectivity index (χ0) is 19.2. The molecule has 2 aromatic heterocycles. The fourth-order valence-electron chi connectivity index (χ4n) is 2.44. The number of rotatable bonds is 7. The Balaban J connectivity index is 1.31. The van der Waals surface area contributed by atoms with Gasteiger partial charge in [0.15, 0.2) is 0 Å². The molecule has 140 valence electrons. The molecule has 9 heteroatoms. The van der Waals surface area contributed by atoms with E-state index < -0.39 is 0 Å². The third-order valence-corrected chi connectivity index (χ3v) is 4.71. The van der Waals surface area contributed by atoms with E-state index in [-0.39, 0.29) is 5.91 Å². The minimum absolute atomic E-state index is 0.139. The molecule has 0 saturated heterocycles. The van der Waals surface area contributed by atoms with Crippen molar-refractivity contribution >= 4 is 23.4 Å². The quantitative estimate of drug-likeness (QED) is 0.482. The van der Waals surface area contributed by atoms with Gasteiger partial charge in [0, 0.05) is 17.0 Å². The van der Waals surface area contributed by atoms with Crippen molar-refractivity contribution in [3.63, 3.8) is 0 Å². The number of hydrogen-bond donors (Lipinski definition) is 1. The van der Waals surface area contributed by atoms with E-state index >= 15 is 0 Å². The molecular formula is C19H16N6O2S. The molecule has 0 fully saturated rings. The lowest BCUT2D eigenvalue weighted by Gasteiger charge is -2.06. The summed E-state index contributed by atoms with van der Waals surface area (Å²) in [6, 6.07) is 16.8. The number of carbonyl (C=O) groups excluding carboxylic acids is 1. The molecule has 0 aliphatic carbocycles. The van der Waals surface area contributed by atoms with Crippen LogP contribution in [-0.2, 0) is 12.3 Å². The lowest BCUT2D eigenvalue weighted by atomic mass is 10.1. The first-order valence-corrected chi connectivity index (χ1v) is 9.48. The van der Waals surface area contributed by atoms with Crippen molar-refractivity contribution < 1.29 is 9.21 Å². The summed E-state index contributed by atoms with van der Waals surface area (Å²) in [6.45, 7) is 0.388. The van der Waals surface area contributed by atoms with Crippen LogP contribution < -0.4 is 5.32 Å². The van der Waals surface area contributed by atoms with Gasteiger partial charge in [-0.2, -0.15) is 5.10 Å². The van der Waals surface area contributed by atoms with Crippen molar-refractivity contribution in [3.05, 3.63) is 84.3 Å². The molecule has 0 spiro atoms. The first-order chi connectivity index (χ1) is 13.8. The molecule has 28 heavy (non-hydrogen) atoms. The van der Waals surface area contributed by atoms with Crippen LogP contribution in [0.3, 0.4) is 0 Å². The van der Waals surface area contributed by atoms with Gasteiger partial charge in [-0.3, -0.25) is 4.79 Å². The normalized spacial score (nSPS) is 10.7. The average molecular weight is 392 g/mol. The fourth-order valence-corrected chi connectivity index (χ4v) is 3.17. The van der Waals surface area contributed by atoms with Gasteiger partial charge in [0.05, 0.1) is 0 Å². The van der Waals surface area contributed by atoms with Gasteiger partial charge in [-0.1, -0.05) is 42.1 Å². The molecule has 4 aromatic rings. The number of thioether (sulfide) groups is 1. The lowest BCUT2D eigenvalue weighted by Crippen LogP contribution is -2.11. The lowest BCUT2D eigenvalue weighted by molar-refractivity contribution is 0.102. The smallest absolute Gasteiger partial charge is 0.276 e. The number of nitrogens with zero attached hydrogens (tertiary/aromatic N) is 5. The van der Waals surface area contributed by atoms with Gasteiger partial charge in [-0.05, 0) is 29.8 Å². The molecule has 0 saturated carbocycles. The Morgan fingerprint density at radius 1 is 1.07 bits per heavy atom. The maximum absolute atomic E-state index is 12.3. The SMILES string of the molecule is O=C(Nc1ccccc1)c1ccc(CSc2nnc(Cn3cncn3)o2)cc1. The Morgan fingerprint density at radius 3 is 2.64 bits per heavy atom. The van der Waals surface area contributed by atoms with Gasteiger partial charge in [-0.15, -0.1) is 10.2 Å². The topological polar surface area (TPSA) is 98.7 Å². The van der Waals surface area contributed by atoms with Crippen molar-refractivity contribution in [3.8, 4) is 0 Å². The largest absolute Gasteiger partial charge is 0.414 e. The van der Waals surface area contributed by atoms with E-state index in [1.807, 2.05) is 42.5 Å². The molecule has 4 rings (SSSR count). The van der Waals surface area contributed by atoms with Crippen molar-refractivity contribution in [2.75, 3.05) is 5.32 Å². The maximum Gasteiger partial charge on any atom is 0.276 e. The second-order valence-electron chi connectivity index (χ2n) is 5.86. The Hall–Kier alpha value is -3.46. The van der Waals surface area contributed by atoms with E-state index in [9.17, 15) is 4.79 Å². The monoisotopic (exact) mass is 392 g/mol.